The Morgan fingerprint density at radius 2 is 2.00 bits per heavy atom. The number of halogens is 1. The SMILES string of the molecule is Cc1noc(C)c1CNC(=O)C(CN)c1ccccc1.Cl. The molecule has 0 aliphatic rings. The van der Waals surface area contributed by atoms with Crippen LogP contribution in [0, 0.1) is 13.8 Å². The van der Waals surface area contributed by atoms with E-state index < -0.39 is 0 Å². The van der Waals surface area contributed by atoms with Crippen LogP contribution in [-0.2, 0) is 11.3 Å². The van der Waals surface area contributed by atoms with Crippen LogP contribution in [0.4, 0.5) is 0 Å². The average Bonchev–Trinajstić information content (AvgIpc) is 2.78. The van der Waals surface area contributed by atoms with E-state index in [0.29, 0.717) is 6.54 Å². The van der Waals surface area contributed by atoms with Gasteiger partial charge in [0.1, 0.15) is 5.76 Å². The summed E-state index contributed by atoms with van der Waals surface area (Å²) in [7, 11) is 0. The third kappa shape index (κ3) is 4.06. The Balaban J connectivity index is 0.00000220. The monoisotopic (exact) mass is 309 g/mol. The van der Waals surface area contributed by atoms with Gasteiger partial charge in [-0.25, -0.2) is 0 Å². The number of nitrogens with zero attached hydrogens (tertiary/aromatic N) is 1. The first kappa shape index (κ1) is 17.2. The Morgan fingerprint density at radius 1 is 1.33 bits per heavy atom. The zero-order valence-electron chi connectivity index (χ0n) is 12.1. The molecule has 0 aliphatic carbocycles. The summed E-state index contributed by atoms with van der Waals surface area (Å²) in [4.78, 5) is 12.3. The van der Waals surface area contributed by atoms with Crippen LogP contribution in [0.3, 0.4) is 0 Å². The van der Waals surface area contributed by atoms with Crippen molar-refractivity contribution in [2.45, 2.75) is 26.3 Å². The van der Waals surface area contributed by atoms with Gasteiger partial charge in [0.25, 0.3) is 0 Å². The summed E-state index contributed by atoms with van der Waals surface area (Å²) in [6, 6.07) is 9.54. The number of benzene rings is 1. The van der Waals surface area contributed by atoms with E-state index in [1.54, 1.807) is 0 Å². The topological polar surface area (TPSA) is 81.2 Å². The predicted octanol–water partition coefficient (Wildman–Crippen LogP) is 2.07. The van der Waals surface area contributed by atoms with Crippen molar-refractivity contribution in [2.24, 2.45) is 5.73 Å². The molecule has 2 rings (SSSR count). The summed E-state index contributed by atoms with van der Waals surface area (Å²) in [6.07, 6.45) is 0. The third-order valence-corrected chi connectivity index (χ3v) is 3.37. The Hall–Kier alpha value is -1.85. The van der Waals surface area contributed by atoms with Crippen LogP contribution in [0.25, 0.3) is 0 Å². The number of carbonyl (C=O) groups excluding carboxylic acids is 1. The quantitative estimate of drug-likeness (QED) is 0.886. The molecule has 5 nitrogen and oxygen atoms in total. The molecule has 1 aromatic carbocycles. The maximum atomic E-state index is 12.3. The number of nitrogens with one attached hydrogen (secondary N) is 1. The molecular formula is C15H20ClN3O2. The molecule has 0 saturated carbocycles. The lowest BCUT2D eigenvalue weighted by molar-refractivity contribution is -0.122. The molecule has 1 amide bonds. The molecule has 1 heterocycles. The van der Waals surface area contributed by atoms with E-state index >= 15 is 0 Å². The Kier molecular flexibility index (Phi) is 6.39. The largest absolute Gasteiger partial charge is 0.361 e. The van der Waals surface area contributed by atoms with E-state index in [2.05, 4.69) is 10.5 Å². The number of hydrogen-bond donors (Lipinski definition) is 2. The van der Waals surface area contributed by atoms with Gasteiger partial charge < -0.3 is 15.6 Å². The van der Waals surface area contributed by atoms with Crippen molar-refractivity contribution in [3.63, 3.8) is 0 Å². The second-order valence-corrected chi connectivity index (χ2v) is 4.72. The van der Waals surface area contributed by atoms with Gasteiger partial charge >= 0.3 is 0 Å². The van der Waals surface area contributed by atoms with E-state index in [0.717, 1.165) is 22.6 Å². The van der Waals surface area contributed by atoms with E-state index in [4.69, 9.17) is 10.3 Å². The summed E-state index contributed by atoms with van der Waals surface area (Å²) in [6.45, 7) is 4.37. The van der Waals surface area contributed by atoms with Gasteiger partial charge in [-0.1, -0.05) is 35.5 Å². The molecule has 2 aromatic rings. The van der Waals surface area contributed by atoms with Gasteiger partial charge in [0.2, 0.25) is 5.91 Å². The molecule has 0 saturated heterocycles. The number of amides is 1. The van der Waals surface area contributed by atoms with Crippen molar-refractivity contribution in [1.82, 2.24) is 10.5 Å². The lowest BCUT2D eigenvalue weighted by atomic mass is 9.98. The van der Waals surface area contributed by atoms with Crippen LogP contribution < -0.4 is 11.1 Å². The minimum Gasteiger partial charge on any atom is -0.361 e. The van der Waals surface area contributed by atoms with Gasteiger partial charge in [-0.05, 0) is 19.4 Å². The van der Waals surface area contributed by atoms with Crippen molar-refractivity contribution in [1.29, 1.82) is 0 Å². The Labute approximate surface area is 130 Å². The van der Waals surface area contributed by atoms with Crippen molar-refractivity contribution < 1.29 is 9.32 Å². The summed E-state index contributed by atoms with van der Waals surface area (Å²) >= 11 is 0. The summed E-state index contributed by atoms with van der Waals surface area (Å²) in [5.74, 6) is 0.308. The van der Waals surface area contributed by atoms with Gasteiger partial charge in [-0.2, -0.15) is 0 Å². The fraction of sp³-hybridized carbons (Fsp3) is 0.333. The lowest BCUT2D eigenvalue weighted by Gasteiger charge is -2.15. The third-order valence-electron chi connectivity index (χ3n) is 3.37. The molecule has 21 heavy (non-hydrogen) atoms. The highest BCUT2D eigenvalue weighted by Crippen LogP contribution is 2.16. The molecule has 0 spiro atoms. The molecule has 1 aromatic heterocycles. The molecule has 0 fully saturated rings. The maximum Gasteiger partial charge on any atom is 0.229 e. The minimum absolute atomic E-state index is 0. The minimum atomic E-state index is -0.336. The van der Waals surface area contributed by atoms with Crippen molar-refractivity contribution in [2.75, 3.05) is 6.54 Å². The normalized spacial score (nSPS) is 11.6. The number of carbonyl (C=O) groups is 1. The Bertz CT molecular complexity index is 564. The summed E-state index contributed by atoms with van der Waals surface area (Å²) in [5, 5.41) is 6.76. The fourth-order valence-electron chi connectivity index (χ4n) is 2.13. The molecule has 0 aliphatic heterocycles. The first-order chi connectivity index (χ1) is 9.63. The van der Waals surface area contributed by atoms with Crippen LogP contribution >= 0.6 is 12.4 Å². The second-order valence-electron chi connectivity index (χ2n) is 4.72. The molecule has 0 bridgehead atoms. The van der Waals surface area contributed by atoms with Gasteiger partial charge in [0, 0.05) is 18.7 Å². The predicted molar refractivity (Wildman–Crippen MR) is 83.3 cm³/mol. The van der Waals surface area contributed by atoms with Crippen LogP contribution in [0.2, 0.25) is 0 Å². The van der Waals surface area contributed by atoms with E-state index in [1.165, 1.54) is 0 Å². The highest BCUT2D eigenvalue weighted by molar-refractivity contribution is 5.85. The fourth-order valence-corrected chi connectivity index (χ4v) is 2.13. The molecular weight excluding hydrogens is 290 g/mol. The van der Waals surface area contributed by atoms with E-state index in [-0.39, 0.29) is 30.8 Å². The smallest absolute Gasteiger partial charge is 0.229 e. The van der Waals surface area contributed by atoms with Crippen molar-refractivity contribution in [3.8, 4) is 0 Å². The number of rotatable bonds is 5. The lowest BCUT2D eigenvalue weighted by Crippen LogP contribution is -2.33. The number of hydrogen-bond acceptors (Lipinski definition) is 4. The van der Waals surface area contributed by atoms with Gasteiger partial charge in [0.05, 0.1) is 11.6 Å². The number of aromatic nitrogens is 1. The van der Waals surface area contributed by atoms with Gasteiger partial charge in [-0.15, -0.1) is 12.4 Å². The van der Waals surface area contributed by atoms with Crippen molar-refractivity contribution in [3.05, 3.63) is 52.9 Å². The summed E-state index contributed by atoms with van der Waals surface area (Å²) < 4.78 is 5.07. The number of aryl methyl sites for hydroxylation is 2. The average molecular weight is 310 g/mol. The van der Waals surface area contributed by atoms with Crippen molar-refractivity contribution >= 4 is 18.3 Å². The van der Waals surface area contributed by atoms with Gasteiger partial charge in [-0.3, -0.25) is 4.79 Å². The van der Waals surface area contributed by atoms with Crippen LogP contribution in [-0.4, -0.2) is 17.6 Å². The molecule has 114 valence electrons. The highest BCUT2D eigenvalue weighted by atomic mass is 35.5. The standard InChI is InChI=1S/C15H19N3O2.ClH/c1-10-14(11(2)20-18-10)9-17-15(19)13(8-16)12-6-4-3-5-7-12;/h3-7,13H,8-9,16H2,1-2H3,(H,17,19);1H. The first-order valence-corrected chi connectivity index (χ1v) is 6.58. The first-order valence-electron chi connectivity index (χ1n) is 6.58. The van der Waals surface area contributed by atoms with Crippen LogP contribution in [0.15, 0.2) is 34.9 Å². The maximum absolute atomic E-state index is 12.3. The Morgan fingerprint density at radius 3 is 2.52 bits per heavy atom. The molecule has 0 radical (unpaired) electrons. The van der Waals surface area contributed by atoms with E-state index in [1.807, 2.05) is 44.2 Å². The van der Waals surface area contributed by atoms with E-state index in [9.17, 15) is 4.79 Å². The molecule has 1 unspecified atom stereocenters. The zero-order chi connectivity index (χ0) is 14.5. The molecule has 3 N–H and O–H groups in total. The summed E-state index contributed by atoms with van der Waals surface area (Å²) in [5.41, 5.74) is 8.36. The highest BCUT2D eigenvalue weighted by Gasteiger charge is 2.19. The van der Waals surface area contributed by atoms with Crippen LogP contribution in [0.5, 0.6) is 0 Å². The molecule has 1 atom stereocenters. The zero-order valence-corrected chi connectivity index (χ0v) is 12.9. The molecule has 6 heteroatoms. The second kappa shape index (κ2) is 7.81. The number of nitrogens with two attached hydrogens (primary N) is 1. The van der Waals surface area contributed by atoms with Gasteiger partial charge in [0.15, 0.2) is 0 Å². The van der Waals surface area contributed by atoms with Crippen LogP contribution in [0.1, 0.15) is 28.5 Å².